The zero-order valence-corrected chi connectivity index (χ0v) is 22.0. The minimum Gasteiger partial charge on any atom is -0.495 e. The second kappa shape index (κ2) is 11.8. The van der Waals surface area contributed by atoms with Gasteiger partial charge in [0.05, 0.1) is 27.0 Å². The molecule has 8 nitrogen and oxygen atoms in total. The molecule has 3 rings (SSSR count). The van der Waals surface area contributed by atoms with E-state index in [1.165, 1.54) is 7.11 Å². The molecular formula is C27H32N2O6S. The Labute approximate surface area is 212 Å². The summed E-state index contributed by atoms with van der Waals surface area (Å²) in [5.74, 6) is 1.01. The van der Waals surface area contributed by atoms with Crippen LogP contribution in [0.2, 0.25) is 0 Å². The number of methoxy groups -OCH3 is 3. The van der Waals surface area contributed by atoms with Gasteiger partial charge in [-0.1, -0.05) is 29.8 Å². The van der Waals surface area contributed by atoms with Gasteiger partial charge in [-0.15, -0.1) is 0 Å². The summed E-state index contributed by atoms with van der Waals surface area (Å²) in [6.45, 7) is 3.65. The maximum atomic E-state index is 13.8. The lowest BCUT2D eigenvalue weighted by molar-refractivity contribution is -0.119. The van der Waals surface area contributed by atoms with Crippen LogP contribution in [-0.4, -0.2) is 48.7 Å². The van der Waals surface area contributed by atoms with Crippen LogP contribution in [0.3, 0.4) is 0 Å². The summed E-state index contributed by atoms with van der Waals surface area (Å²) >= 11 is 0. The molecule has 9 heteroatoms. The van der Waals surface area contributed by atoms with Crippen LogP contribution in [0.1, 0.15) is 16.7 Å². The molecule has 192 valence electrons. The second-order valence-corrected chi connectivity index (χ2v) is 10.1. The van der Waals surface area contributed by atoms with Crippen molar-refractivity contribution in [2.45, 2.75) is 25.2 Å². The van der Waals surface area contributed by atoms with Crippen LogP contribution in [0.25, 0.3) is 0 Å². The molecule has 1 N–H and O–H groups in total. The number of benzene rings is 3. The molecule has 0 spiro atoms. The van der Waals surface area contributed by atoms with E-state index < -0.39 is 15.9 Å². The van der Waals surface area contributed by atoms with Gasteiger partial charge < -0.3 is 19.5 Å². The van der Waals surface area contributed by atoms with E-state index in [4.69, 9.17) is 14.2 Å². The molecule has 0 radical (unpaired) electrons. The number of nitrogens with one attached hydrogen (secondary N) is 1. The normalized spacial score (nSPS) is 11.0. The van der Waals surface area contributed by atoms with Gasteiger partial charge in [0.25, 0.3) is 10.0 Å². The quantitative estimate of drug-likeness (QED) is 0.419. The minimum absolute atomic E-state index is 0.00343. The molecule has 0 atom stereocenters. The Morgan fingerprint density at radius 2 is 1.42 bits per heavy atom. The summed E-state index contributed by atoms with van der Waals surface area (Å²) in [5.41, 5.74) is 3.07. The third-order valence-electron chi connectivity index (χ3n) is 5.68. The van der Waals surface area contributed by atoms with Gasteiger partial charge >= 0.3 is 0 Å². The first-order valence-electron chi connectivity index (χ1n) is 11.4. The Balaban J connectivity index is 1.81. The summed E-state index contributed by atoms with van der Waals surface area (Å²) in [4.78, 5) is 12.9. The maximum absolute atomic E-state index is 13.8. The summed E-state index contributed by atoms with van der Waals surface area (Å²) < 4.78 is 44.5. The molecule has 1 amide bonds. The number of carbonyl (C=O) groups is 1. The maximum Gasteiger partial charge on any atom is 0.268 e. The van der Waals surface area contributed by atoms with Crippen molar-refractivity contribution in [1.29, 1.82) is 0 Å². The number of anilines is 1. The van der Waals surface area contributed by atoms with Crippen molar-refractivity contribution in [3.8, 4) is 17.2 Å². The fraction of sp³-hybridized carbons (Fsp3) is 0.296. The molecule has 0 aliphatic carbocycles. The molecule has 0 bridgehead atoms. The van der Waals surface area contributed by atoms with Crippen molar-refractivity contribution < 1.29 is 27.4 Å². The number of rotatable bonds is 11. The molecule has 3 aromatic rings. The SMILES string of the molecule is COc1ccc(CCNC(=O)CN(c2ccc(C)cc2)S(=O)(=O)c2cc(C)ccc2OC)cc1OC. The first-order chi connectivity index (χ1) is 17.2. The highest BCUT2D eigenvalue weighted by Crippen LogP contribution is 2.31. The van der Waals surface area contributed by atoms with Crippen molar-refractivity contribution in [2.24, 2.45) is 0 Å². The molecule has 0 fully saturated rings. The predicted molar refractivity (Wildman–Crippen MR) is 140 cm³/mol. The van der Waals surface area contributed by atoms with Crippen molar-refractivity contribution in [3.05, 3.63) is 77.4 Å². The topological polar surface area (TPSA) is 94.2 Å². The average molecular weight is 513 g/mol. The molecule has 0 aliphatic heterocycles. The van der Waals surface area contributed by atoms with Gasteiger partial charge in [0.2, 0.25) is 5.91 Å². The predicted octanol–water partition coefficient (Wildman–Crippen LogP) is 3.88. The molecule has 0 saturated heterocycles. The smallest absolute Gasteiger partial charge is 0.268 e. The number of sulfonamides is 1. The van der Waals surface area contributed by atoms with E-state index in [2.05, 4.69) is 5.32 Å². The number of aryl methyl sites for hydroxylation is 2. The second-order valence-electron chi connectivity index (χ2n) is 8.29. The first kappa shape index (κ1) is 26.9. The zero-order chi connectivity index (χ0) is 26.3. The van der Waals surface area contributed by atoms with Crippen molar-refractivity contribution >= 4 is 21.6 Å². The van der Waals surface area contributed by atoms with Gasteiger partial charge in [0.15, 0.2) is 11.5 Å². The van der Waals surface area contributed by atoms with E-state index in [1.54, 1.807) is 69.7 Å². The third-order valence-corrected chi connectivity index (χ3v) is 7.48. The Hall–Kier alpha value is -3.72. The molecule has 0 aromatic heterocycles. The molecule has 3 aromatic carbocycles. The van der Waals surface area contributed by atoms with Crippen LogP contribution >= 0.6 is 0 Å². The van der Waals surface area contributed by atoms with Crippen LogP contribution in [-0.2, 0) is 21.2 Å². The van der Waals surface area contributed by atoms with Crippen LogP contribution in [0.4, 0.5) is 5.69 Å². The summed E-state index contributed by atoms with van der Waals surface area (Å²) in [7, 11) is 0.443. The van der Waals surface area contributed by atoms with Crippen LogP contribution in [0, 0.1) is 13.8 Å². The lowest BCUT2D eigenvalue weighted by atomic mass is 10.1. The summed E-state index contributed by atoms with van der Waals surface area (Å²) in [6.07, 6.45) is 0.537. The zero-order valence-electron chi connectivity index (χ0n) is 21.2. The highest BCUT2D eigenvalue weighted by atomic mass is 32.2. The molecule has 0 aliphatic rings. The van der Waals surface area contributed by atoms with Gasteiger partial charge in [-0.2, -0.15) is 0 Å². The highest BCUT2D eigenvalue weighted by Gasteiger charge is 2.30. The number of hydrogen-bond donors (Lipinski definition) is 1. The van der Waals surface area contributed by atoms with Crippen molar-refractivity contribution in [2.75, 3.05) is 38.7 Å². The summed E-state index contributed by atoms with van der Waals surface area (Å²) in [5, 5.41) is 2.82. The standard InChI is InChI=1S/C27H32N2O6S/c1-19-6-10-22(11-7-19)29(36(31,32)26-16-20(2)8-12-24(26)34-4)18-27(30)28-15-14-21-9-13-23(33-3)25(17-21)35-5/h6-13,16-17H,14-15,18H2,1-5H3,(H,28,30). The molecule has 0 saturated carbocycles. The highest BCUT2D eigenvalue weighted by molar-refractivity contribution is 7.93. The largest absolute Gasteiger partial charge is 0.495 e. The van der Waals surface area contributed by atoms with Gasteiger partial charge in [-0.25, -0.2) is 8.42 Å². The Bertz CT molecular complexity index is 1310. The van der Waals surface area contributed by atoms with E-state index in [0.717, 1.165) is 21.0 Å². The Morgan fingerprint density at radius 3 is 2.06 bits per heavy atom. The average Bonchev–Trinajstić information content (AvgIpc) is 2.87. The number of ether oxygens (including phenoxy) is 3. The monoisotopic (exact) mass is 512 g/mol. The van der Waals surface area contributed by atoms with Gasteiger partial charge in [0.1, 0.15) is 17.2 Å². The van der Waals surface area contributed by atoms with Gasteiger partial charge in [-0.05, 0) is 67.8 Å². The number of nitrogens with zero attached hydrogens (tertiary/aromatic N) is 1. The van der Waals surface area contributed by atoms with E-state index in [9.17, 15) is 13.2 Å². The lowest BCUT2D eigenvalue weighted by Crippen LogP contribution is -2.41. The number of carbonyl (C=O) groups excluding carboxylic acids is 1. The van der Waals surface area contributed by atoms with E-state index in [1.807, 2.05) is 19.1 Å². The lowest BCUT2D eigenvalue weighted by Gasteiger charge is -2.25. The molecule has 0 unspecified atom stereocenters. The first-order valence-corrected chi connectivity index (χ1v) is 12.8. The Kier molecular flexibility index (Phi) is 8.82. The van der Waals surface area contributed by atoms with Gasteiger partial charge in [0, 0.05) is 6.54 Å². The van der Waals surface area contributed by atoms with E-state index in [0.29, 0.717) is 30.2 Å². The fourth-order valence-corrected chi connectivity index (χ4v) is 5.36. The third kappa shape index (κ3) is 6.28. The molecular weight excluding hydrogens is 480 g/mol. The number of amides is 1. The van der Waals surface area contributed by atoms with Crippen molar-refractivity contribution in [3.63, 3.8) is 0 Å². The molecule has 0 heterocycles. The van der Waals surface area contributed by atoms with Crippen LogP contribution in [0.15, 0.2) is 65.6 Å². The Morgan fingerprint density at radius 1 is 0.806 bits per heavy atom. The van der Waals surface area contributed by atoms with Crippen molar-refractivity contribution in [1.82, 2.24) is 5.32 Å². The van der Waals surface area contributed by atoms with Crippen LogP contribution < -0.4 is 23.8 Å². The minimum atomic E-state index is -4.10. The van der Waals surface area contributed by atoms with E-state index >= 15 is 0 Å². The van der Waals surface area contributed by atoms with Gasteiger partial charge in [-0.3, -0.25) is 9.10 Å². The van der Waals surface area contributed by atoms with Crippen LogP contribution in [0.5, 0.6) is 17.2 Å². The van der Waals surface area contributed by atoms with E-state index in [-0.39, 0.29) is 17.2 Å². The summed E-state index contributed by atoms with van der Waals surface area (Å²) in [6, 6.07) is 17.5. The molecule has 36 heavy (non-hydrogen) atoms. The number of hydrogen-bond acceptors (Lipinski definition) is 6. The fourth-order valence-electron chi connectivity index (χ4n) is 3.70.